The monoisotopic (exact) mass is 662 g/mol. The molecule has 0 spiro atoms. The fraction of sp³-hybridized carbons (Fsp3) is 0.0638. The largest absolute Gasteiger partial charge is 0.497 e. The molecule has 0 atom stereocenters. The predicted octanol–water partition coefficient (Wildman–Crippen LogP) is 10.6. The lowest BCUT2D eigenvalue weighted by molar-refractivity contribution is 0.102. The minimum atomic E-state index is -0.522. The van der Waals surface area contributed by atoms with Crippen LogP contribution in [0.3, 0.4) is 0 Å². The van der Waals surface area contributed by atoms with Crippen molar-refractivity contribution in [1.82, 2.24) is 0 Å². The molecule has 246 valence electrons. The summed E-state index contributed by atoms with van der Waals surface area (Å²) in [6, 6.07) is 55.4. The van der Waals surface area contributed by atoms with Gasteiger partial charge in [-0.15, -0.1) is 0 Å². The average Bonchev–Trinajstić information content (AvgIpc) is 3.49. The molecule has 8 rings (SSSR count). The number of hydrogen-bond acceptors (Lipinski definition) is 4. The summed E-state index contributed by atoms with van der Waals surface area (Å²) in [7, 11) is 1.69. The zero-order valence-electron chi connectivity index (χ0n) is 28.3. The summed E-state index contributed by atoms with van der Waals surface area (Å²) in [5.41, 5.74) is 10.00. The Morgan fingerprint density at radius 3 is 1.22 bits per heavy atom. The van der Waals surface area contributed by atoms with Crippen LogP contribution in [0.2, 0.25) is 0 Å². The molecule has 0 bridgehead atoms. The van der Waals surface area contributed by atoms with Crippen molar-refractivity contribution in [2.24, 2.45) is 0 Å². The van der Waals surface area contributed by atoms with E-state index in [-0.39, 0.29) is 11.6 Å². The van der Waals surface area contributed by atoms with Crippen LogP contribution in [-0.4, -0.2) is 18.7 Å². The lowest BCUT2D eigenvalue weighted by Crippen LogP contribution is -2.28. The van der Waals surface area contributed by atoms with E-state index < -0.39 is 5.41 Å². The summed E-state index contributed by atoms with van der Waals surface area (Å²) in [6.07, 6.45) is 0. The van der Waals surface area contributed by atoms with E-state index in [4.69, 9.17) is 9.47 Å². The molecule has 0 N–H and O–H groups in total. The first-order valence-electron chi connectivity index (χ1n) is 16.9. The highest BCUT2D eigenvalue weighted by Crippen LogP contribution is 2.56. The smallest absolute Gasteiger partial charge is 0.193 e. The summed E-state index contributed by atoms with van der Waals surface area (Å²) in [5, 5.41) is 0. The van der Waals surface area contributed by atoms with Crippen molar-refractivity contribution in [2.75, 3.05) is 7.11 Å². The van der Waals surface area contributed by atoms with Crippen LogP contribution >= 0.6 is 0 Å². The van der Waals surface area contributed by atoms with Crippen LogP contribution < -0.4 is 9.47 Å². The van der Waals surface area contributed by atoms with Crippen molar-refractivity contribution >= 4 is 11.6 Å². The number of benzene rings is 7. The van der Waals surface area contributed by atoms with Crippen LogP contribution in [0.1, 0.15) is 59.7 Å². The molecule has 0 saturated carbocycles. The molecule has 0 aliphatic heterocycles. The van der Waals surface area contributed by atoms with Gasteiger partial charge in [0.15, 0.2) is 11.6 Å². The molecule has 4 heteroatoms. The first kappa shape index (κ1) is 31.7. The van der Waals surface area contributed by atoms with Gasteiger partial charge in [0.25, 0.3) is 0 Å². The summed E-state index contributed by atoms with van der Waals surface area (Å²) < 4.78 is 11.8. The maximum absolute atomic E-state index is 13.3. The van der Waals surface area contributed by atoms with Crippen LogP contribution in [0.15, 0.2) is 170 Å². The Morgan fingerprint density at radius 1 is 0.431 bits per heavy atom. The summed E-state index contributed by atoms with van der Waals surface area (Å²) in [4.78, 5) is 26.2. The minimum absolute atomic E-state index is 0.0719. The first-order valence-corrected chi connectivity index (χ1v) is 16.9. The molecule has 0 aromatic heterocycles. The number of ketones is 2. The molecular weight excluding hydrogens is 629 g/mol. The quantitative estimate of drug-likeness (QED) is 0.144. The Morgan fingerprint density at radius 2 is 0.784 bits per heavy atom. The predicted molar refractivity (Wildman–Crippen MR) is 201 cm³/mol. The van der Waals surface area contributed by atoms with Crippen LogP contribution in [-0.2, 0) is 5.41 Å². The Bertz CT molecular complexity index is 2320. The van der Waals surface area contributed by atoms with Crippen molar-refractivity contribution in [3.05, 3.63) is 220 Å². The Hall–Kier alpha value is -6.52. The number of aryl methyl sites for hydroxylation is 1. The second-order valence-electron chi connectivity index (χ2n) is 12.8. The van der Waals surface area contributed by atoms with Gasteiger partial charge in [-0.1, -0.05) is 127 Å². The van der Waals surface area contributed by atoms with Crippen molar-refractivity contribution in [1.29, 1.82) is 0 Å². The van der Waals surface area contributed by atoms with Gasteiger partial charge in [0.1, 0.15) is 17.2 Å². The van der Waals surface area contributed by atoms with E-state index in [1.807, 2.05) is 55.5 Å². The van der Waals surface area contributed by atoms with Crippen molar-refractivity contribution in [2.45, 2.75) is 12.3 Å². The van der Waals surface area contributed by atoms with Crippen molar-refractivity contribution < 1.29 is 19.1 Å². The number of methoxy groups -OCH3 is 1. The number of fused-ring (bicyclic) bond motifs is 3. The zero-order chi connectivity index (χ0) is 35.0. The van der Waals surface area contributed by atoms with E-state index in [2.05, 4.69) is 72.8 Å². The molecule has 0 fully saturated rings. The summed E-state index contributed by atoms with van der Waals surface area (Å²) in [5.74, 6) is 1.93. The van der Waals surface area contributed by atoms with Gasteiger partial charge >= 0.3 is 0 Å². The number of ether oxygens (including phenoxy) is 2. The van der Waals surface area contributed by atoms with Crippen molar-refractivity contribution in [3.8, 4) is 28.4 Å². The molecule has 7 aromatic carbocycles. The highest BCUT2D eigenvalue weighted by molar-refractivity contribution is 6.11. The fourth-order valence-corrected chi connectivity index (χ4v) is 7.26. The topological polar surface area (TPSA) is 52.6 Å². The number of hydrogen-bond donors (Lipinski definition) is 0. The van der Waals surface area contributed by atoms with E-state index >= 15 is 0 Å². The molecule has 51 heavy (non-hydrogen) atoms. The molecule has 0 saturated heterocycles. The highest BCUT2D eigenvalue weighted by atomic mass is 16.5. The Labute approximate surface area is 297 Å². The third-order valence-corrected chi connectivity index (χ3v) is 9.84. The number of rotatable bonds is 9. The minimum Gasteiger partial charge on any atom is -0.497 e. The maximum atomic E-state index is 13.3. The van der Waals surface area contributed by atoms with Gasteiger partial charge in [0.05, 0.1) is 12.5 Å². The van der Waals surface area contributed by atoms with Gasteiger partial charge in [-0.3, -0.25) is 9.59 Å². The molecule has 0 unspecified atom stereocenters. The third kappa shape index (κ3) is 5.61. The molecule has 1 aliphatic rings. The molecule has 0 heterocycles. The Balaban J connectivity index is 1.04. The van der Waals surface area contributed by atoms with Gasteiger partial charge < -0.3 is 9.47 Å². The van der Waals surface area contributed by atoms with Gasteiger partial charge in [-0.05, 0) is 88.8 Å². The SMILES string of the molecule is COc1ccc(C2(c3ccc(Oc4ccc(C(=O)c5ccc(C(=O)c6ccc(C)cc6)cc5)cc4)cc3)c3ccccc3-c3ccccc32)cc1. The lowest BCUT2D eigenvalue weighted by atomic mass is 9.68. The molecule has 7 aromatic rings. The van der Waals surface area contributed by atoms with E-state index in [9.17, 15) is 9.59 Å². The Kier molecular flexibility index (Phi) is 8.13. The molecule has 0 radical (unpaired) electrons. The normalized spacial score (nSPS) is 12.4. The van der Waals surface area contributed by atoms with Crippen molar-refractivity contribution in [3.63, 3.8) is 0 Å². The van der Waals surface area contributed by atoms with E-state index in [0.717, 1.165) is 22.4 Å². The third-order valence-electron chi connectivity index (χ3n) is 9.84. The van der Waals surface area contributed by atoms with Crippen LogP contribution in [0.5, 0.6) is 17.2 Å². The molecule has 0 amide bonds. The van der Waals surface area contributed by atoms with Gasteiger partial charge in [-0.25, -0.2) is 0 Å². The number of carbonyl (C=O) groups excluding carboxylic acids is 2. The van der Waals surface area contributed by atoms with Crippen LogP contribution in [0.25, 0.3) is 11.1 Å². The second-order valence-corrected chi connectivity index (χ2v) is 12.8. The standard InChI is InChI=1S/C47H34O4/c1-31-11-13-32(14-12-31)45(48)33-15-17-34(18-16-33)46(49)35-19-25-39(26-20-35)51-40-29-23-37(24-30-40)47(36-21-27-38(50-2)28-22-36)43-9-5-3-7-41(43)42-8-4-6-10-44(42)47/h3-30H,1-2H3. The second kappa shape index (κ2) is 13.1. The molecule has 1 aliphatic carbocycles. The number of carbonyl (C=O) groups is 2. The van der Waals surface area contributed by atoms with Crippen LogP contribution in [0.4, 0.5) is 0 Å². The zero-order valence-corrected chi connectivity index (χ0v) is 28.3. The first-order chi connectivity index (χ1) is 24.9. The van der Waals surface area contributed by atoms with Gasteiger partial charge in [0, 0.05) is 22.3 Å². The van der Waals surface area contributed by atoms with Crippen LogP contribution in [0, 0.1) is 6.92 Å². The fourth-order valence-electron chi connectivity index (χ4n) is 7.26. The lowest BCUT2D eigenvalue weighted by Gasteiger charge is -2.34. The molecule has 4 nitrogen and oxygen atoms in total. The van der Waals surface area contributed by atoms with E-state index in [1.54, 1.807) is 55.6 Å². The van der Waals surface area contributed by atoms with E-state index in [1.165, 1.54) is 22.3 Å². The average molecular weight is 663 g/mol. The van der Waals surface area contributed by atoms with Gasteiger partial charge in [0.2, 0.25) is 0 Å². The van der Waals surface area contributed by atoms with E-state index in [0.29, 0.717) is 33.8 Å². The molecular formula is C47H34O4. The summed E-state index contributed by atoms with van der Waals surface area (Å²) >= 11 is 0. The highest BCUT2D eigenvalue weighted by Gasteiger charge is 2.45. The maximum Gasteiger partial charge on any atom is 0.193 e. The van der Waals surface area contributed by atoms with Gasteiger partial charge in [-0.2, -0.15) is 0 Å². The summed E-state index contributed by atoms with van der Waals surface area (Å²) in [6.45, 7) is 1.99.